The Bertz CT molecular complexity index is 667. The molecule has 116 valence electrons. The van der Waals surface area contributed by atoms with Gasteiger partial charge in [0, 0.05) is 11.2 Å². The number of carbonyl (C=O) groups is 2. The van der Waals surface area contributed by atoms with Gasteiger partial charge in [-0.15, -0.1) is 0 Å². The van der Waals surface area contributed by atoms with Gasteiger partial charge in [0.05, 0.1) is 18.7 Å². The average molecular weight is 322 g/mol. The first-order valence-corrected chi connectivity index (χ1v) is 7.07. The highest BCUT2D eigenvalue weighted by Crippen LogP contribution is 2.19. The monoisotopic (exact) mass is 321 g/mol. The Kier molecular flexibility index (Phi) is 5.16. The maximum absolute atomic E-state index is 12.1. The molecule has 0 spiro atoms. The molecule has 2 N–H and O–H groups in total. The minimum Gasteiger partial charge on any atom is -0.481 e. The van der Waals surface area contributed by atoms with Crippen molar-refractivity contribution in [3.63, 3.8) is 0 Å². The third-order valence-corrected chi connectivity index (χ3v) is 3.31. The van der Waals surface area contributed by atoms with E-state index in [1.54, 1.807) is 36.7 Å². The van der Waals surface area contributed by atoms with Gasteiger partial charge in [0.15, 0.2) is 0 Å². The van der Waals surface area contributed by atoms with Gasteiger partial charge in [0.2, 0.25) is 5.91 Å². The molecule has 2 aromatic rings. The molecule has 0 radical (unpaired) electrons. The highest BCUT2D eigenvalue weighted by atomic mass is 35.5. The number of aliphatic carboxylic acids is 1. The Balaban J connectivity index is 2.07. The van der Waals surface area contributed by atoms with Gasteiger partial charge >= 0.3 is 5.97 Å². The SMILES string of the molecule is Cc1cnn(CC(=O)NC(CC(=O)O)c2ccc(Cl)cc2)c1. The zero-order valence-electron chi connectivity index (χ0n) is 12.0. The molecule has 0 fully saturated rings. The lowest BCUT2D eigenvalue weighted by atomic mass is 10.0. The maximum Gasteiger partial charge on any atom is 0.305 e. The Morgan fingerprint density at radius 3 is 2.59 bits per heavy atom. The second-order valence-electron chi connectivity index (χ2n) is 4.98. The highest BCUT2D eigenvalue weighted by Gasteiger charge is 2.18. The lowest BCUT2D eigenvalue weighted by molar-refractivity contribution is -0.137. The largest absolute Gasteiger partial charge is 0.481 e. The van der Waals surface area contributed by atoms with Crippen LogP contribution in [0.3, 0.4) is 0 Å². The summed E-state index contributed by atoms with van der Waals surface area (Å²) in [5.74, 6) is -1.29. The van der Waals surface area contributed by atoms with Crippen LogP contribution in [0.15, 0.2) is 36.7 Å². The Morgan fingerprint density at radius 1 is 1.36 bits per heavy atom. The summed E-state index contributed by atoms with van der Waals surface area (Å²) in [5, 5.41) is 16.3. The molecule has 0 aliphatic heterocycles. The summed E-state index contributed by atoms with van der Waals surface area (Å²) in [5.41, 5.74) is 1.64. The summed E-state index contributed by atoms with van der Waals surface area (Å²) in [7, 11) is 0. The number of aromatic nitrogens is 2. The Labute approximate surface area is 132 Å². The molecular weight excluding hydrogens is 306 g/mol. The van der Waals surface area contributed by atoms with Crippen molar-refractivity contribution in [2.45, 2.75) is 25.9 Å². The molecule has 0 bridgehead atoms. The van der Waals surface area contributed by atoms with Gasteiger partial charge in [-0.1, -0.05) is 23.7 Å². The molecule has 0 aliphatic rings. The molecule has 0 aliphatic carbocycles. The third-order valence-electron chi connectivity index (χ3n) is 3.05. The smallest absolute Gasteiger partial charge is 0.305 e. The van der Waals surface area contributed by atoms with E-state index in [-0.39, 0.29) is 18.9 Å². The van der Waals surface area contributed by atoms with E-state index in [2.05, 4.69) is 10.4 Å². The van der Waals surface area contributed by atoms with Gasteiger partial charge in [-0.3, -0.25) is 14.3 Å². The highest BCUT2D eigenvalue weighted by molar-refractivity contribution is 6.30. The molecule has 1 aromatic heterocycles. The second-order valence-corrected chi connectivity index (χ2v) is 5.42. The summed E-state index contributed by atoms with van der Waals surface area (Å²) < 4.78 is 1.50. The van der Waals surface area contributed by atoms with Crippen molar-refractivity contribution in [3.05, 3.63) is 52.8 Å². The first-order chi connectivity index (χ1) is 10.4. The lowest BCUT2D eigenvalue weighted by Crippen LogP contribution is -2.33. The van der Waals surface area contributed by atoms with Gasteiger partial charge in [0.1, 0.15) is 6.54 Å². The van der Waals surface area contributed by atoms with E-state index in [1.807, 2.05) is 6.92 Å². The molecule has 1 atom stereocenters. The number of carboxylic acid groups (broad SMARTS) is 1. The van der Waals surface area contributed by atoms with Crippen LogP contribution in [0.2, 0.25) is 5.02 Å². The number of amides is 1. The van der Waals surface area contributed by atoms with Crippen LogP contribution in [0.4, 0.5) is 0 Å². The van der Waals surface area contributed by atoms with Crippen LogP contribution in [0.5, 0.6) is 0 Å². The van der Waals surface area contributed by atoms with Crippen LogP contribution in [-0.4, -0.2) is 26.8 Å². The number of nitrogens with one attached hydrogen (secondary N) is 1. The van der Waals surface area contributed by atoms with E-state index >= 15 is 0 Å². The molecule has 0 saturated carbocycles. The van der Waals surface area contributed by atoms with E-state index in [9.17, 15) is 9.59 Å². The first kappa shape index (κ1) is 16.0. The van der Waals surface area contributed by atoms with Gasteiger partial charge in [-0.2, -0.15) is 5.10 Å². The van der Waals surface area contributed by atoms with Gasteiger partial charge in [-0.25, -0.2) is 0 Å². The predicted octanol–water partition coefficient (Wildman–Crippen LogP) is 2.18. The molecular formula is C15H16ClN3O3. The lowest BCUT2D eigenvalue weighted by Gasteiger charge is -2.17. The van der Waals surface area contributed by atoms with E-state index in [0.717, 1.165) is 5.56 Å². The van der Waals surface area contributed by atoms with Gasteiger partial charge in [0.25, 0.3) is 0 Å². The number of benzene rings is 1. The van der Waals surface area contributed by atoms with E-state index in [4.69, 9.17) is 16.7 Å². The van der Waals surface area contributed by atoms with Crippen LogP contribution in [-0.2, 0) is 16.1 Å². The molecule has 1 amide bonds. The number of aryl methyl sites for hydroxylation is 1. The number of rotatable bonds is 6. The molecule has 7 heteroatoms. The van der Waals surface area contributed by atoms with Crippen LogP contribution >= 0.6 is 11.6 Å². The first-order valence-electron chi connectivity index (χ1n) is 6.69. The minimum absolute atomic E-state index is 0.0392. The fourth-order valence-electron chi connectivity index (χ4n) is 2.06. The zero-order chi connectivity index (χ0) is 16.1. The zero-order valence-corrected chi connectivity index (χ0v) is 12.7. The summed E-state index contributed by atoms with van der Waals surface area (Å²) in [4.78, 5) is 23.1. The van der Waals surface area contributed by atoms with Gasteiger partial charge < -0.3 is 10.4 Å². The van der Waals surface area contributed by atoms with Crippen molar-refractivity contribution in [1.29, 1.82) is 0 Å². The van der Waals surface area contributed by atoms with Crippen molar-refractivity contribution in [2.24, 2.45) is 0 Å². The standard InChI is InChI=1S/C15H16ClN3O3/c1-10-7-17-19(8-10)9-14(20)18-13(6-15(21)22)11-2-4-12(16)5-3-11/h2-5,7-8,13H,6,9H2,1H3,(H,18,20)(H,21,22). The molecule has 22 heavy (non-hydrogen) atoms. The molecule has 1 heterocycles. The van der Waals surface area contributed by atoms with Crippen LogP contribution in [0.1, 0.15) is 23.6 Å². The Hall–Kier alpha value is -2.34. The second kappa shape index (κ2) is 7.09. The fourth-order valence-corrected chi connectivity index (χ4v) is 2.19. The summed E-state index contributed by atoms with van der Waals surface area (Å²) in [6.45, 7) is 1.92. The fraction of sp³-hybridized carbons (Fsp3) is 0.267. The molecule has 0 saturated heterocycles. The average Bonchev–Trinajstić information content (AvgIpc) is 2.83. The topological polar surface area (TPSA) is 84.2 Å². The number of hydrogen-bond acceptors (Lipinski definition) is 3. The third kappa shape index (κ3) is 4.60. The van der Waals surface area contributed by atoms with Crippen LogP contribution in [0, 0.1) is 6.92 Å². The van der Waals surface area contributed by atoms with Crippen LogP contribution in [0.25, 0.3) is 0 Å². The van der Waals surface area contributed by atoms with E-state index in [0.29, 0.717) is 10.6 Å². The molecule has 1 aromatic carbocycles. The van der Waals surface area contributed by atoms with E-state index < -0.39 is 12.0 Å². The molecule has 2 rings (SSSR count). The number of halogens is 1. The maximum atomic E-state index is 12.1. The summed E-state index contributed by atoms with van der Waals surface area (Å²) >= 11 is 5.82. The predicted molar refractivity (Wildman–Crippen MR) is 81.6 cm³/mol. The number of hydrogen-bond donors (Lipinski definition) is 2. The number of carbonyl (C=O) groups excluding carboxylic acids is 1. The van der Waals surface area contributed by atoms with Crippen molar-refractivity contribution in [2.75, 3.05) is 0 Å². The molecule has 6 nitrogen and oxygen atoms in total. The van der Waals surface area contributed by atoms with Crippen molar-refractivity contribution in [1.82, 2.24) is 15.1 Å². The number of nitrogens with zero attached hydrogens (tertiary/aromatic N) is 2. The van der Waals surface area contributed by atoms with Crippen LogP contribution < -0.4 is 5.32 Å². The quantitative estimate of drug-likeness (QED) is 0.854. The van der Waals surface area contributed by atoms with Gasteiger partial charge in [-0.05, 0) is 30.2 Å². The number of carboxylic acids is 1. The minimum atomic E-state index is -0.991. The van der Waals surface area contributed by atoms with Crippen molar-refractivity contribution >= 4 is 23.5 Å². The Morgan fingerprint density at radius 2 is 2.05 bits per heavy atom. The van der Waals surface area contributed by atoms with Crippen molar-refractivity contribution in [3.8, 4) is 0 Å². The van der Waals surface area contributed by atoms with Crippen molar-refractivity contribution < 1.29 is 14.7 Å². The molecule has 1 unspecified atom stereocenters. The summed E-state index contributed by atoms with van der Waals surface area (Å²) in [6.07, 6.45) is 3.20. The summed E-state index contributed by atoms with van der Waals surface area (Å²) in [6, 6.07) is 6.12. The van der Waals surface area contributed by atoms with E-state index in [1.165, 1.54) is 4.68 Å². The normalized spacial score (nSPS) is 11.9.